The van der Waals surface area contributed by atoms with E-state index >= 15 is 0 Å². The van der Waals surface area contributed by atoms with Gasteiger partial charge in [-0.25, -0.2) is 0 Å². The van der Waals surface area contributed by atoms with Crippen LogP contribution in [-0.2, 0) is 12.0 Å². The van der Waals surface area contributed by atoms with Gasteiger partial charge in [-0.2, -0.15) is 0 Å². The van der Waals surface area contributed by atoms with Crippen molar-refractivity contribution in [3.05, 3.63) is 57.3 Å². The van der Waals surface area contributed by atoms with E-state index in [1.165, 1.54) is 20.9 Å². The SMILES string of the molecule is Cc1ccccc1[C@H](C)NCc1ccc(C(C)(C)C)s1. The molecule has 108 valence electrons. The zero-order valence-electron chi connectivity index (χ0n) is 13.2. The molecular formula is C18H25NS. The molecule has 0 aliphatic rings. The van der Waals surface area contributed by atoms with Crippen molar-refractivity contribution in [1.82, 2.24) is 5.32 Å². The zero-order chi connectivity index (χ0) is 14.8. The first-order chi connectivity index (χ1) is 9.38. The van der Waals surface area contributed by atoms with E-state index in [2.05, 4.69) is 76.3 Å². The van der Waals surface area contributed by atoms with Gasteiger partial charge in [0.05, 0.1) is 0 Å². The molecule has 1 N–H and O–H groups in total. The van der Waals surface area contributed by atoms with Crippen LogP contribution in [0.4, 0.5) is 0 Å². The van der Waals surface area contributed by atoms with Crippen molar-refractivity contribution in [2.24, 2.45) is 0 Å². The molecule has 0 aliphatic heterocycles. The normalized spacial score (nSPS) is 13.4. The van der Waals surface area contributed by atoms with Crippen molar-refractivity contribution in [2.45, 2.75) is 52.6 Å². The molecule has 0 amide bonds. The minimum absolute atomic E-state index is 0.255. The van der Waals surface area contributed by atoms with Crippen molar-refractivity contribution < 1.29 is 0 Å². The topological polar surface area (TPSA) is 12.0 Å². The Morgan fingerprint density at radius 2 is 1.80 bits per heavy atom. The molecule has 2 aromatic rings. The van der Waals surface area contributed by atoms with Gasteiger partial charge in [0.1, 0.15) is 0 Å². The summed E-state index contributed by atoms with van der Waals surface area (Å²) in [6.45, 7) is 12.2. The smallest absolute Gasteiger partial charge is 0.0305 e. The third-order valence-corrected chi connectivity index (χ3v) is 5.15. The highest BCUT2D eigenvalue weighted by atomic mass is 32.1. The lowest BCUT2D eigenvalue weighted by molar-refractivity contribution is 0.576. The second-order valence-corrected chi connectivity index (χ2v) is 7.64. The number of benzene rings is 1. The summed E-state index contributed by atoms with van der Waals surface area (Å²) < 4.78 is 0. The summed E-state index contributed by atoms with van der Waals surface area (Å²) in [5, 5.41) is 3.63. The van der Waals surface area contributed by atoms with Crippen LogP contribution in [0.2, 0.25) is 0 Å². The van der Waals surface area contributed by atoms with Gasteiger partial charge in [0.15, 0.2) is 0 Å². The Labute approximate surface area is 127 Å². The average molecular weight is 287 g/mol. The Hall–Kier alpha value is -1.12. The molecule has 1 nitrogen and oxygen atoms in total. The third-order valence-electron chi connectivity index (χ3n) is 3.64. The first kappa shape index (κ1) is 15.3. The lowest BCUT2D eigenvalue weighted by atomic mass is 9.95. The van der Waals surface area contributed by atoms with Crippen LogP contribution in [0.5, 0.6) is 0 Å². The molecule has 0 unspecified atom stereocenters. The van der Waals surface area contributed by atoms with E-state index in [9.17, 15) is 0 Å². The first-order valence-corrected chi connectivity index (χ1v) is 8.07. The van der Waals surface area contributed by atoms with Gasteiger partial charge in [-0.05, 0) is 42.5 Å². The summed E-state index contributed by atoms with van der Waals surface area (Å²) >= 11 is 1.92. The Kier molecular flexibility index (Phi) is 4.66. The van der Waals surface area contributed by atoms with Gasteiger partial charge < -0.3 is 5.32 Å². The van der Waals surface area contributed by atoms with Gasteiger partial charge in [-0.3, -0.25) is 0 Å². The predicted molar refractivity (Wildman–Crippen MR) is 89.5 cm³/mol. The molecule has 0 saturated carbocycles. The molecule has 1 aromatic heterocycles. The maximum atomic E-state index is 3.63. The van der Waals surface area contributed by atoms with Crippen LogP contribution < -0.4 is 5.32 Å². The Morgan fingerprint density at radius 3 is 2.40 bits per heavy atom. The molecule has 0 fully saturated rings. The minimum Gasteiger partial charge on any atom is -0.305 e. The maximum Gasteiger partial charge on any atom is 0.0305 e. The fourth-order valence-electron chi connectivity index (χ4n) is 2.31. The van der Waals surface area contributed by atoms with Gasteiger partial charge in [0.2, 0.25) is 0 Å². The third kappa shape index (κ3) is 3.71. The van der Waals surface area contributed by atoms with Crippen LogP contribution in [0, 0.1) is 6.92 Å². The molecule has 2 heteroatoms. The van der Waals surface area contributed by atoms with Crippen molar-refractivity contribution in [3.8, 4) is 0 Å². The molecule has 20 heavy (non-hydrogen) atoms. The van der Waals surface area contributed by atoms with Crippen LogP contribution in [-0.4, -0.2) is 0 Å². The lowest BCUT2D eigenvalue weighted by Gasteiger charge is -2.17. The Bertz CT molecular complexity index is 563. The molecular weight excluding hydrogens is 262 g/mol. The van der Waals surface area contributed by atoms with Crippen molar-refractivity contribution in [3.63, 3.8) is 0 Å². The Morgan fingerprint density at radius 1 is 1.10 bits per heavy atom. The number of thiophene rings is 1. The van der Waals surface area contributed by atoms with Gasteiger partial charge >= 0.3 is 0 Å². The molecule has 0 aliphatic carbocycles. The van der Waals surface area contributed by atoms with E-state index in [1.807, 2.05) is 11.3 Å². The molecule has 2 rings (SSSR count). The quantitative estimate of drug-likeness (QED) is 0.814. The predicted octanol–water partition coefficient (Wildman–Crippen LogP) is 5.20. The standard InChI is InChI=1S/C18H25NS/c1-13-8-6-7-9-16(13)14(2)19-12-15-10-11-17(20-15)18(3,4)5/h6-11,14,19H,12H2,1-5H3/t14-/m0/s1. The molecule has 1 heterocycles. The van der Waals surface area contributed by atoms with E-state index in [1.54, 1.807) is 0 Å². The highest BCUT2D eigenvalue weighted by Crippen LogP contribution is 2.29. The van der Waals surface area contributed by atoms with E-state index < -0.39 is 0 Å². The highest BCUT2D eigenvalue weighted by Gasteiger charge is 2.16. The van der Waals surface area contributed by atoms with Crippen LogP contribution in [0.3, 0.4) is 0 Å². The summed E-state index contributed by atoms with van der Waals surface area (Å²) in [4.78, 5) is 2.87. The molecule has 1 aromatic carbocycles. The van der Waals surface area contributed by atoms with Crippen LogP contribution in [0.1, 0.15) is 54.6 Å². The Balaban J connectivity index is 1.99. The summed E-state index contributed by atoms with van der Waals surface area (Å²) in [5.74, 6) is 0. The zero-order valence-corrected chi connectivity index (χ0v) is 14.0. The molecule has 0 bridgehead atoms. The van der Waals surface area contributed by atoms with Gasteiger partial charge in [0.25, 0.3) is 0 Å². The fraction of sp³-hybridized carbons (Fsp3) is 0.444. The summed E-state index contributed by atoms with van der Waals surface area (Å²) in [6.07, 6.45) is 0. The number of rotatable bonds is 4. The monoisotopic (exact) mass is 287 g/mol. The number of nitrogens with one attached hydrogen (secondary N) is 1. The van der Waals surface area contributed by atoms with E-state index in [0.29, 0.717) is 6.04 Å². The first-order valence-electron chi connectivity index (χ1n) is 7.26. The second kappa shape index (κ2) is 6.11. The van der Waals surface area contributed by atoms with E-state index in [0.717, 1.165) is 6.54 Å². The molecule has 0 saturated heterocycles. The highest BCUT2D eigenvalue weighted by molar-refractivity contribution is 7.12. The van der Waals surface area contributed by atoms with Gasteiger partial charge in [0, 0.05) is 22.3 Å². The second-order valence-electron chi connectivity index (χ2n) is 6.48. The average Bonchev–Trinajstić information content (AvgIpc) is 2.85. The van der Waals surface area contributed by atoms with Crippen molar-refractivity contribution in [2.75, 3.05) is 0 Å². The van der Waals surface area contributed by atoms with Crippen molar-refractivity contribution in [1.29, 1.82) is 0 Å². The van der Waals surface area contributed by atoms with Gasteiger partial charge in [-0.1, -0.05) is 45.0 Å². The summed E-state index contributed by atoms with van der Waals surface area (Å²) in [5.41, 5.74) is 3.00. The summed E-state index contributed by atoms with van der Waals surface area (Å²) in [6, 6.07) is 13.5. The fourth-order valence-corrected chi connectivity index (χ4v) is 3.33. The minimum atomic E-state index is 0.255. The molecule has 0 radical (unpaired) electrons. The van der Waals surface area contributed by atoms with Crippen LogP contribution in [0.15, 0.2) is 36.4 Å². The lowest BCUT2D eigenvalue weighted by Crippen LogP contribution is -2.18. The van der Waals surface area contributed by atoms with Crippen LogP contribution in [0.25, 0.3) is 0 Å². The van der Waals surface area contributed by atoms with Gasteiger partial charge in [-0.15, -0.1) is 11.3 Å². The van der Waals surface area contributed by atoms with E-state index in [4.69, 9.17) is 0 Å². The van der Waals surface area contributed by atoms with Crippen LogP contribution >= 0.6 is 11.3 Å². The largest absolute Gasteiger partial charge is 0.305 e. The number of hydrogen-bond donors (Lipinski definition) is 1. The van der Waals surface area contributed by atoms with E-state index in [-0.39, 0.29) is 5.41 Å². The number of hydrogen-bond acceptors (Lipinski definition) is 2. The summed E-state index contributed by atoms with van der Waals surface area (Å²) in [7, 11) is 0. The number of aryl methyl sites for hydroxylation is 1. The van der Waals surface area contributed by atoms with Crippen molar-refractivity contribution >= 4 is 11.3 Å². The maximum absolute atomic E-state index is 3.63. The molecule has 0 spiro atoms. The molecule has 1 atom stereocenters.